The molecule has 0 aromatic carbocycles. The summed E-state index contributed by atoms with van der Waals surface area (Å²) in [5.74, 6) is -0.697. The van der Waals surface area contributed by atoms with Crippen LogP contribution in [0.2, 0.25) is 0 Å². The molecule has 124 valence electrons. The van der Waals surface area contributed by atoms with Gasteiger partial charge in [-0.2, -0.15) is 0 Å². The number of rotatable bonds is 7. The number of nitrogens with two attached hydrogens (primary N) is 1. The molecule has 0 aromatic rings. The predicted octanol–water partition coefficient (Wildman–Crippen LogP) is -1.76. The number of carbonyl (C=O) groups is 1. The molecule has 0 amide bonds. The van der Waals surface area contributed by atoms with Crippen molar-refractivity contribution in [2.75, 3.05) is 13.2 Å². The van der Waals surface area contributed by atoms with E-state index in [9.17, 15) is 25.2 Å². The van der Waals surface area contributed by atoms with Gasteiger partial charge in [0.15, 0.2) is 0 Å². The number of aliphatic hydroxyl groups excluding tert-OH is 4. The van der Waals surface area contributed by atoms with Gasteiger partial charge in [-0.25, -0.2) is 0 Å². The van der Waals surface area contributed by atoms with Crippen LogP contribution in [0.1, 0.15) is 32.6 Å². The lowest BCUT2D eigenvalue weighted by molar-refractivity contribution is -0.331. The Bertz CT molecular complexity index is 340. The fourth-order valence-corrected chi connectivity index (χ4v) is 2.45. The first-order valence-electron chi connectivity index (χ1n) is 7.08. The van der Waals surface area contributed by atoms with Crippen LogP contribution in [-0.4, -0.2) is 69.8 Å². The van der Waals surface area contributed by atoms with Crippen molar-refractivity contribution in [3.63, 3.8) is 0 Å². The monoisotopic (exact) mass is 307 g/mol. The number of hydrogen-bond donors (Lipinski definition) is 5. The van der Waals surface area contributed by atoms with E-state index in [4.69, 9.17) is 15.2 Å². The zero-order valence-electron chi connectivity index (χ0n) is 12.1. The lowest BCUT2D eigenvalue weighted by atomic mass is 9.83. The number of aliphatic hydroxyl groups is 4. The highest BCUT2D eigenvalue weighted by Crippen LogP contribution is 2.34. The fraction of sp³-hybridized carbons (Fsp3) is 0.923. The third-order valence-electron chi connectivity index (χ3n) is 3.70. The average Bonchev–Trinajstić information content (AvgIpc) is 2.45. The minimum absolute atomic E-state index is 0.242. The third kappa shape index (κ3) is 4.35. The second-order valence-electron chi connectivity index (χ2n) is 5.34. The highest BCUT2D eigenvalue weighted by atomic mass is 16.7. The standard InChI is InChI=1S/C13H25NO7/c1-8(16)20-12-10(18)9(17)11(19)13(7-15,21-12)5-3-2-4-6-14/h9-12,15,17-19H,2-7,14H2,1H3/t9-,10-,11-,12?,13-/m1/s1. The second kappa shape index (κ2) is 8.02. The minimum atomic E-state index is -1.58. The highest BCUT2D eigenvalue weighted by molar-refractivity contribution is 5.66. The number of unbranched alkanes of at least 4 members (excludes halogenated alkanes) is 2. The van der Waals surface area contributed by atoms with Crippen molar-refractivity contribution in [2.24, 2.45) is 5.73 Å². The van der Waals surface area contributed by atoms with Gasteiger partial charge in [-0.05, 0) is 19.4 Å². The van der Waals surface area contributed by atoms with E-state index in [1.807, 2.05) is 0 Å². The summed E-state index contributed by atoms with van der Waals surface area (Å²) in [5.41, 5.74) is 3.92. The van der Waals surface area contributed by atoms with Crippen LogP contribution in [0.4, 0.5) is 0 Å². The van der Waals surface area contributed by atoms with Crippen LogP contribution in [0, 0.1) is 0 Å². The molecule has 21 heavy (non-hydrogen) atoms. The molecule has 1 unspecified atom stereocenters. The zero-order valence-corrected chi connectivity index (χ0v) is 12.1. The molecule has 5 atom stereocenters. The van der Waals surface area contributed by atoms with Crippen LogP contribution in [-0.2, 0) is 14.3 Å². The van der Waals surface area contributed by atoms with Gasteiger partial charge >= 0.3 is 5.97 Å². The van der Waals surface area contributed by atoms with Crippen molar-refractivity contribution in [3.05, 3.63) is 0 Å². The number of esters is 1. The summed E-state index contributed by atoms with van der Waals surface area (Å²) >= 11 is 0. The Morgan fingerprint density at radius 1 is 1.24 bits per heavy atom. The van der Waals surface area contributed by atoms with Gasteiger partial charge in [0.05, 0.1) is 6.61 Å². The van der Waals surface area contributed by atoms with E-state index in [0.29, 0.717) is 13.0 Å². The molecular formula is C13H25NO7. The number of hydrogen-bond acceptors (Lipinski definition) is 8. The van der Waals surface area contributed by atoms with Crippen molar-refractivity contribution < 1.29 is 34.7 Å². The van der Waals surface area contributed by atoms with Gasteiger partial charge in [0.25, 0.3) is 0 Å². The zero-order chi connectivity index (χ0) is 16.0. The van der Waals surface area contributed by atoms with Gasteiger partial charge in [0.2, 0.25) is 6.29 Å². The van der Waals surface area contributed by atoms with Gasteiger partial charge in [-0.1, -0.05) is 12.8 Å². The summed E-state index contributed by atoms with van der Waals surface area (Å²) in [5, 5.41) is 39.4. The van der Waals surface area contributed by atoms with Crippen molar-refractivity contribution >= 4 is 5.97 Å². The van der Waals surface area contributed by atoms with E-state index in [0.717, 1.165) is 19.8 Å². The van der Waals surface area contributed by atoms with Crippen LogP contribution in [0.15, 0.2) is 0 Å². The Hall–Kier alpha value is -0.770. The topological polar surface area (TPSA) is 142 Å². The molecule has 0 saturated carbocycles. The first kappa shape index (κ1) is 18.3. The molecule has 1 aliphatic heterocycles. The second-order valence-corrected chi connectivity index (χ2v) is 5.34. The smallest absolute Gasteiger partial charge is 0.305 e. The van der Waals surface area contributed by atoms with E-state index < -0.39 is 42.8 Å². The summed E-state index contributed by atoms with van der Waals surface area (Å²) in [4.78, 5) is 11.0. The number of carbonyl (C=O) groups excluding carboxylic acids is 1. The van der Waals surface area contributed by atoms with Gasteiger partial charge < -0.3 is 35.6 Å². The molecule has 0 aromatic heterocycles. The maximum atomic E-state index is 11.0. The van der Waals surface area contributed by atoms with E-state index in [-0.39, 0.29) is 6.42 Å². The van der Waals surface area contributed by atoms with Crippen LogP contribution in [0.3, 0.4) is 0 Å². The third-order valence-corrected chi connectivity index (χ3v) is 3.70. The number of ether oxygens (including phenoxy) is 2. The molecule has 0 radical (unpaired) electrons. The normalized spacial score (nSPS) is 36.5. The van der Waals surface area contributed by atoms with Crippen LogP contribution in [0.5, 0.6) is 0 Å². The molecule has 1 rings (SSSR count). The molecule has 1 saturated heterocycles. The maximum Gasteiger partial charge on any atom is 0.305 e. The fourth-order valence-electron chi connectivity index (χ4n) is 2.45. The van der Waals surface area contributed by atoms with Crippen LogP contribution in [0.25, 0.3) is 0 Å². The Labute approximate surface area is 123 Å². The van der Waals surface area contributed by atoms with Crippen LogP contribution >= 0.6 is 0 Å². The molecule has 1 fully saturated rings. The molecule has 6 N–H and O–H groups in total. The van der Waals surface area contributed by atoms with Gasteiger partial charge in [-0.15, -0.1) is 0 Å². The summed E-state index contributed by atoms with van der Waals surface area (Å²) < 4.78 is 10.2. The summed E-state index contributed by atoms with van der Waals surface area (Å²) in [7, 11) is 0. The van der Waals surface area contributed by atoms with E-state index in [1.165, 1.54) is 0 Å². The maximum absolute atomic E-state index is 11.0. The van der Waals surface area contributed by atoms with Gasteiger partial charge in [0.1, 0.15) is 23.9 Å². The first-order valence-corrected chi connectivity index (χ1v) is 7.08. The largest absolute Gasteiger partial charge is 0.433 e. The average molecular weight is 307 g/mol. The van der Waals surface area contributed by atoms with E-state index >= 15 is 0 Å². The summed E-state index contributed by atoms with van der Waals surface area (Å²) in [6, 6.07) is 0. The molecule has 1 heterocycles. The minimum Gasteiger partial charge on any atom is -0.433 e. The molecule has 0 bridgehead atoms. The Morgan fingerprint density at radius 2 is 1.90 bits per heavy atom. The lowest BCUT2D eigenvalue weighted by Crippen LogP contribution is -2.66. The van der Waals surface area contributed by atoms with Gasteiger partial charge in [-0.3, -0.25) is 4.79 Å². The first-order chi connectivity index (χ1) is 9.88. The lowest BCUT2D eigenvalue weighted by Gasteiger charge is -2.47. The van der Waals surface area contributed by atoms with Crippen molar-refractivity contribution in [1.29, 1.82) is 0 Å². The molecular weight excluding hydrogens is 282 g/mol. The van der Waals surface area contributed by atoms with Crippen molar-refractivity contribution in [1.82, 2.24) is 0 Å². The van der Waals surface area contributed by atoms with Crippen LogP contribution < -0.4 is 5.73 Å². The Morgan fingerprint density at radius 3 is 2.43 bits per heavy atom. The van der Waals surface area contributed by atoms with Crippen molar-refractivity contribution in [2.45, 2.75) is 62.8 Å². The summed E-state index contributed by atoms with van der Waals surface area (Å²) in [6.45, 7) is 1.10. The van der Waals surface area contributed by atoms with Gasteiger partial charge in [0, 0.05) is 6.92 Å². The van der Waals surface area contributed by atoms with E-state index in [1.54, 1.807) is 0 Å². The Balaban J connectivity index is 2.81. The molecule has 0 spiro atoms. The Kier molecular flexibility index (Phi) is 6.98. The molecule has 0 aliphatic carbocycles. The molecule has 1 aliphatic rings. The highest BCUT2D eigenvalue weighted by Gasteiger charge is 2.54. The molecule has 8 nitrogen and oxygen atoms in total. The van der Waals surface area contributed by atoms with Crippen molar-refractivity contribution in [3.8, 4) is 0 Å². The quantitative estimate of drug-likeness (QED) is 0.275. The summed E-state index contributed by atoms with van der Waals surface area (Å²) in [6.07, 6.45) is -3.67. The SMILES string of the molecule is CC(=O)OC1O[C@@](CO)(CCCCCN)[C@H](O)[C@H](O)[C@H]1O. The van der Waals surface area contributed by atoms with E-state index in [2.05, 4.69) is 0 Å². The predicted molar refractivity (Wildman–Crippen MR) is 72.0 cm³/mol. The molecule has 8 heteroatoms.